The standard InChI is InChI=1S/C10H18O5S/c1-2-3-6-16(15)7-8(10(13)14)4-5-9(11)12/h8H,2-7H2,1H3,(H,11,12)(H,13,14). The van der Waals surface area contributed by atoms with Crippen molar-refractivity contribution in [3.05, 3.63) is 0 Å². The molecule has 0 aromatic heterocycles. The Labute approximate surface area is 97.3 Å². The summed E-state index contributed by atoms with van der Waals surface area (Å²) in [5, 5.41) is 17.3. The smallest absolute Gasteiger partial charge is 0.307 e. The molecule has 5 nitrogen and oxygen atoms in total. The van der Waals surface area contributed by atoms with E-state index in [1.54, 1.807) is 0 Å². The molecule has 2 unspecified atom stereocenters. The lowest BCUT2D eigenvalue weighted by molar-refractivity contribution is -0.142. The molecule has 0 aliphatic carbocycles. The van der Waals surface area contributed by atoms with Gasteiger partial charge in [-0.2, -0.15) is 0 Å². The molecule has 0 amide bonds. The second kappa shape index (κ2) is 8.27. The first-order chi connectivity index (χ1) is 7.47. The van der Waals surface area contributed by atoms with Crippen molar-refractivity contribution in [1.29, 1.82) is 0 Å². The predicted octanol–water partition coefficient (Wildman–Crippen LogP) is 1.10. The largest absolute Gasteiger partial charge is 0.481 e. The summed E-state index contributed by atoms with van der Waals surface area (Å²) in [6, 6.07) is 0. The maximum absolute atomic E-state index is 11.5. The normalized spacial score (nSPS) is 14.3. The highest BCUT2D eigenvalue weighted by molar-refractivity contribution is 7.85. The van der Waals surface area contributed by atoms with Gasteiger partial charge >= 0.3 is 11.9 Å². The Bertz CT molecular complexity index is 264. The van der Waals surface area contributed by atoms with Crippen LogP contribution in [-0.2, 0) is 20.4 Å². The van der Waals surface area contributed by atoms with Crippen LogP contribution in [0.1, 0.15) is 32.6 Å². The average Bonchev–Trinajstić information content (AvgIpc) is 2.20. The first-order valence-corrected chi connectivity index (χ1v) is 6.75. The number of unbranched alkanes of at least 4 members (excludes halogenated alkanes) is 1. The van der Waals surface area contributed by atoms with E-state index in [1.165, 1.54) is 0 Å². The summed E-state index contributed by atoms with van der Waals surface area (Å²) in [7, 11) is -1.16. The van der Waals surface area contributed by atoms with Crippen molar-refractivity contribution >= 4 is 22.7 Å². The summed E-state index contributed by atoms with van der Waals surface area (Å²) < 4.78 is 11.5. The van der Waals surface area contributed by atoms with E-state index in [4.69, 9.17) is 10.2 Å². The molecule has 94 valence electrons. The SMILES string of the molecule is CCCCS(=O)CC(CCC(=O)O)C(=O)O. The average molecular weight is 250 g/mol. The molecule has 0 aromatic rings. The number of aliphatic carboxylic acids is 2. The van der Waals surface area contributed by atoms with Gasteiger partial charge in [-0.05, 0) is 12.8 Å². The second-order valence-electron chi connectivity index (χ2n) is 3.63. The van der Waals surface area contributed by atoms with Gasteiger partial charge < -0.3 is 10.2 Å². The maximum Gasteiger partial charge on any atom is 0.307 e. The van der Waals surface area contributed by atoms with E-state index < -0.39 is 28.7 Å². The summed E-state index contributed by atoms with van der Waals surface area (Å²) >= 11 is 0. The van der Waals surface area contributed by atoms with Gasteiger partial charge in [0.1, 0.15) is 0 Å². The zero-order chi connectivity index (χ0) is 12.6. The molecular weight excluding hydrogens is 232 g/mol. The summed E-state index contributed by atoms with van der Waals surface area (Å²) in [4.78, 5) is 21.1. The highest BCUT2D eigenvalue weighted by Gasteiger charge is 2.21. The van der Waals surface area contributed by atoms with Crippen LogP contribution in [0.25, 0.3) is 0 Å². The molecule has 0 bridgehead atoms. The number of rotatable bonds is 9. The minimum atomic E-state index is -1.16. The summed E-state index contributed by atoms with van der Waals surface area (Å²) in [6.07, 6.45) is 1.57. The zero-order valence-electron chi connectivity index (χ0n) is 9.35. The summed E-state index contributed by atoms with van der Waals surface area (Å²) in [5.41, 5.74) is 0. The fraction of sp³-hybridized carbons (Fsp3) is 0.800. The monoisotopic (exact) mass is 250 g/mol. The Hall–Kier alpha value is -0.910. The Balaban J connectivity index is 4.07. The molecule has 0 heterocycles. The lowest BCUT2D eigenvalue weighted by atomic mass is 10.1. The Morgan fingerprint density at radius 3 is 2.38 bits per heavy atom. The topological polar surface area (TPSA) is 91.7 Å². The van der Waals surface area contributed by atoms with Gasteiger partial charge in [0.15, 0.2) is 0 Å². The number of carboxylic acid groups (broad SMARTS) is 2. The van der Waals surface area contributed by atoms with Crippen LogP contribution in [0.4, 0.5) is 0 Å². The van der Waals surface area contributed by atoms with E-state index in [-0.39, 0.29) is 18.6 Å². The first kappa shape index (κ1) is 15.1. The minimum Gasteiger partial charge on any atom is -0.481 e. The van der Waals surface area contributed by atoms with Gasteiger partial charge in [-0.15, -0.1) is 0 Å². The Morgan fingerprint density at radius 2 is 1.94 bits per heavy atom. The Morgan fingerprint density at radius 1 is 1.31 bits per heavy atom. The van der Waals surface area contributed by atoms with Crippen LogP contribution >= 0.6 is 0 Å². The van der Waals surface area contributed by atoms with Gasteiger partial charge in [0.05, 0.1) is 5.92 Å². The number of carbonyl (C=O) groups is 2. The Kier molecular flexibility index (Phi) is 7.80. The van der Waals surface area contributed by atoms with Crippen molar-refractivity contribution < 1.29 is 24.0 Å². The summed E-state index contributed by atoms with van der Waals surface area (Å²) in [6.45, 7) is 1.97. The van der Waals surface area contributed by atoms with Gasteiger partial charge in [-0.1, -0.05) is 13.3 Å². The van der Waals surface area contributed by atoms with Crippen molar-refractivity contribution in [3.63, 3.8) is 0 Å². The van der Waals surface area contributed by atoms with E-state index in [1.807, 2.05) is 6.92 Å². The molecule has 0 aromatic carbocycles. The van der Waals surface area contributed by atoms with Crippen LogP contribution < -0.4 is 0 Å². The summed E-state index contributed by atoms with van der Waals surface area (Å²) in [5.74, 6) is -2.35. The van der Waals surface area contributed by atoms with Gasteiger partial charge in [-0.25, -0.2) is 0 Å². The molecule has 6 heteroatoms. The molecule has 0 aliphatic rings. The van der Waals surface area contributed by atoms with Gasteiger partial charge in [-0.3, -0.25) is 13.8 Å². The van der Waals surface area contributed by atoms with Crippen LogP contribution in [0.2, 0.25) is 0 Å². The van der Waals surface area contributed by atoms with Gasteiger partial charge in [0.2, 0.25) is 0 Å². The molecule has 0 fully saturated rings. The van der Waals surface area contributed by atoms with Crippen LogP contribution in [-0.4, -0.2) is 37.9 Å². The quantitative estimate of drug-likeness (QED) is 0.639. The number of carboxylic acids is 2. The van der Waals surface area contributed by atoms with Crippen LogP contribution in [0, 0.1) is 5.92 Å². The molecule has 0 saturated heterocycles. The third kappa shape index (κ3) is 7.39. The maximum atomic E-state index is 11.5. The zero-order valence-corrected chi connectivity index (χ0v) is 10.2. The van der Waals surface area contributed by atoms with Crippen LogP contribution in [0.3, 0.4) is 0 Å². The lowest BCUT2D eigenvalue weighted by Crippen LogP contribution is -2.22. The van der Waals surface area contributed by atoms with E-state index in [9.17, 15) is 13.8 Å². The lowest BCUT2D eigenvalue weighted by Gasteiger charge is -2.10. The third-order valence-corrected chi connectivity index (χ3v) is 3.69. The molecule has 0 rings (SSSR count). The minimum absolute atomic E-state index is 0.0442. The fourth-order valence-corrected chi connectivity index (χ4v) is 2.72. The van der Waals surface area contributed by atoms with E-state index in [2.05, 4.69) is 0 Å². The molecule has 2 atom stereocenters. The molecule has 16 heavy (non-hydrogen) atoms. The van der Waals surface area contributed by atoms with Crippen molar-refractivity contribution in [2.24, 2.45) is 5.92 Å². The third-order valence-electron chi connectivity index (χ3n) is 2.17. The predicted molar refractivity (Wildman–Crippen MR) is 60.8 cm³/mol. The molecule has 2 N–H and O–H groups in total. The fourth-order valence-electron chi connectivity index (χ4n) is 1.19. The second-order valence-corrected chi connectivity index (χ2v) is 5.25. The van der Waals surface area contributed by atoms with E-state index in [0.717, 1.165) is 12.8 Å². The highest BCUT2D eigenvalue weighted by Crippen LogP contribution is 2.10. The highest BCUT2D eigenvalue weighted by atomic mass is 32.2. The number of hydrogen-bond acceptors (Lipinski definition) is 3. The molecule has 0 saturated carbocycles. The van der Waals surface area contributed by atoms with E-state index >= 15 is 0 Å². The van der Waals surface area contributed by atoms with Crippen molar-refractivity contribution in [2.45, 2.75) is 32.6 Å². The number of hydrogen-bond donors (Lipinski definition) is 2. The first-order valence-electron chi connectivity index (χ1n) is 5.27. The van der Waals surface area contributed by atoms with Crippen molar-refractivity contribution in [2.75, 3.05) is 11.5 Å². The van der Waals surface area contributed by atoms with Crippen LogP contribution in [0.5, 0.6) is 0 Å². The van der Waals surface area contributed by atoms with Crippen molar-refractivity contribution in [1.82, 2.24) is 0 Å². The van der Waals surface area contributed by atoms with Crippen LogP contribution in [0.15, 0.2) is 0 Å². The van der Waals surface area contributed by atoms with Gasteiger partial charge in [0, 0.05) is 28.7 Å². The van der Waals surface area contributed by atoms with Gasteiger partial charge in [0.25, 0.3) is 0 Å². The molecule has 0 radical (unpaired) electrons. The van der Waals surface area contributed by atoms with E-state index in [0.29, 0.717) is 5.75 Å². The van der Waals surface area contributed by atoms with Crippen molar-refractivity contribution in [3.8, 4) is 0 Å². The molecular formula is C10H18O5S. The molecule has 0 spiro atoms. The molecule has 0 aliphatic heterocycles.